The first-order valence-corrected chi connectivity index (χ1v) is 13.0. The molecule has 9 heteroatoms. The monoisotopic (exact) mass is 572 g/mol. The summed E-state index contributed by atoms with van der Waals surface area (Å²) in [7, 11) is 0. The second kappa shape index (κ2) is 12.1. The summed E-state index contributed by atoms with van der Waals surface area (Å²) in [6.07, 6.45) is 1.44. The van der Waals surface area contributed by atoms with Crippen molar-refractivity contribution in [2.75, 3.05) is 4.90 Å². The van der Waals surface area contributed by atoms with Crippen molar-refractivity contribution in [3.05, 3.63) is 129 Å². The molecular weight excluding hydrogens is 551 g/mol. The first kappa shape index (κ1) is 27.0. The van der Waals surface area contributed by atoms with Gasteiger partial charge in [-0.25, -0.2) is 9.69 Å². The normalized spacial score (nSPS) is 14.3. The molecule has 0 atom stereocenters. The fourth-order valence-corrected chi connectivity index (χ4v) is 4.41. The van der Waals surface area contributed by atoms with Gasteiger partial charge in [0.15, 0.2) is 0 Å². The topological polar surface area (TPSA) is 84.9 Å². The fraction of sp³-hybridized carbons (Fsp3) is 0.0645. The highest BCUT2D eigenvalue weighted by Gasteiger charge is 2.36. The van der Waals surface area contributed by atoms with Gasteiger partial charge in [-0.05, 0) is 65.7 Å². The second-order valence-corrected chi connectivity index (χ2v) is 9.66. The Hall–Kier alpha value is -4.59. The Morgan fingerprint density at radius 3 is 2.08 bits per heavy atom. The summed E-state index contributed by atoms with van der Waals surface area (Å²) in [5, 5.41) is 3.24. The van der Waals surface area contributed by atoms with Crippen LogP contribution in [0, 0.1) is 0 Å². The third-order valence-electron chi connectivity index (χ3n) is 6.05. The average molecular weight is 573 g/mol. The molecule has 1 fully saturated rings. The van der Waals surface area contributed by atoms with E-state index in [9.17, 15) is 14.4 Å². The smallest absolute Gasteiger partial charge is 0.335 e. The number of nitrogens with zero attached hydrogens (tertiary/aromatic N) is 1. The molecule has 0 spiro atoms. The Morgan fingerprint density at radius 2 is 1.40 bits per heavy atom. The largest absolute Gasteiger partial charge is 0.489 e. The zero-order valence-electron chi connectivity index (χ0n) is 21.0. The standard InChI is InChI=1S/C31H22Cl2N2O5/c32-23-9-8-22(28(33)17-23)19-40-26-14-10-24(11-15-26)35-30(37)27(29(36)34-31(35)38)16-20-6-12-25(13-7-20)39-18-21-4-2-1-3-5-21/h1-17H,18-19H2,(H,34,36,38)/b27-16+. The van der Waals surface area contributed by atoms with Crippen molar-refractivity contribution < 1.29 is 23.9 Å². The van der Waals surface area contributed by atoms with Crippen molar-refractivity contribution in [3.63, 3.8) is 0 Å². The molecular formula is C31H22Cl2N2O5. The van der Waals surface area contributed by atoms with Crippen LogP contribution in [0.2, 0.25) is 10.0 Å². The number of benzene rings is 4. The van der Waals surface area contributed by atoms with Gasteiger partial charge >= 0.3 is 6.03 Å². The fourth-order valence-electron chi connectivity index (χ4n) is 3.95. The van der Waals surface area contributed by atoms with Crippen LogP contribution in [-0.4, -0.2) is 17.8 Å². The maximum absolute atomic E-state index is 13.2. The maximum atomic E-state index is 13.2. The van der Waals surface area contributed by atoms with E-state index < -0.39 is 17.8 Å². The summed E-state index contributed by atoms with van der Waals surface area (Å²) in [6.45, 7) is 0.619. The van der Waals surface area contributed by atoms with Gasteiger partial charge in [0, 0.05) is 15.6 Å². The van der Waals surface area contributed by atoms with Crippen LogP contribution in [0.4, 0.5) is 10.5 Å². The molecule has 4 aromatic rings. The molecule has 0 bridgehead atoms. The molecule has 1 aliphatic heterocycles. The van der Waals surface area contributed by atoms with E-state index >= 15 is 0 Å². The number of rotatable bonds is 8. The van der Waals surface area contributed by atoms with Crippen molar-refractivity contribution >= 4 is 52.8 Å². The zero-order chi connectivity index (χ0) is 28.1. The second-order valence-electron chi connectivity index (χ2n) is 8.82. The molecule has 5 rings (SSSR count). The van der Waals surface area contributed by atoms with Crippen LogP contribution < -0.4 is 19.7 Å². The Kier molecular flexibility index (Phi) is 8.15. The van der Waals surface area contributed by atoms with E-state index in [-0.39, 0.29) is 17.9 Å². The molecule has 7 nitrogen and oxygen atoms in total. The zero-order valence-corrected chi connectivity index (χ0v) is 22.5. The number of hydrogen-bond donors (Lipinski definition) is 1. The number of urea groups is 1. The Balaban J connectivity index is 1.27. The summed E-state index contributed by atoms with van der Waals surface area (Å²) < 4.78 is 11.6. The number of halogens is 2. The van der Waals surface area contributed by atoms with Gasteiger partial charge in [-0.2, -0.15) is 0 Å². The summed E-state index contributed by atoms with van der Waals surface area (Å²) in [5.74, 6) is -0.362. The minimum atomic E-state index is -0.835. The Labute approximate surface area is 240 Å². The van der Waals surface area contributed by atoms with Gasteiger partial charge in [0.05, 0.1) is 5.69 Å². The van der Waals surface area contributed by atoms with Crippen molar-refractivity contribution in [1.29, 1.82) is 0 Å². The molecule has 4 aromatic carbocycles. The quantitative estimate of drug-likeness (QED) is 0.185. The van der Waals surface area contributed by atoms with E-state index in [1.54, 1.807) is 66.7 Å². The molecule has 1 aliphatic rings. The highest BCUT2D eigenvalue weighted by Crippen LogP contribution is 2.27. The summed E-state index contributed by atoms with van der Waals surface area (Å²) in [4.78, 5) is 39.3. The van der Waals surface area contributed by atoms with Crippen LogP contribution >= 0.6 is 23.2 Å². The van der Waals surface area contributed by atoms with E-state index in [0.29, 0.717) is 33.7 Å². The number of carbonyl (C=O) groups is 3. The molecule has 1 saturated heterocycles. The number of ether oxygens (including phenoxy) is 2. The van der Waals surface area contributed by atoms with E-state index in [0.717, 1.165) is 16.0 Å². The van der Waals surface area contributed by atoms with Crippen LogP contribution in [0.5, 0.6) is 11.5 Å². The third kappa shape index (κ3) is 6.34. The molecule has 4 amide bonds. The van der Waals surface area contributed by atoms with Crippen molar-refractivity contribution in [3.8, 4) is 11.5 Å². The number of hydrogen-bond acceptors (Lipinski definition) is 5. The number of barbiturate groups is 1. The van der Waals surface area contributed by atoms with Crippen molar-refractivity contribution in [2.45, 2.75) is 13.2 Å². The van der Waals surface area contributed by atoms with Gasteiger partial charge in [-0.3, -0.25) is 14.9 Å². The predicted molar refractivity (Wildman–Crippen MR) is 153 cm³/mol. The number of carbonyl (C=O) groups excluding carboxylic acids is 3. The lowest BCUT2D eigenvalue weighted by Crippen LogP contribution is -2.54. The summed E-state index contributed by atoms with van der Waals surface area (Å²) >= 11 is 12.1. The highest BCUT2D eigenvalue weighted by molar-refractivity contribution is 6.39. The van der Waals surface area contributed by atoms with E-state index in [4.69, 9.17) is 32.7 Å². The van der Waals surface area contributed by atoms with Gasteiger partial charge in [0.25, 0.3) is 11.8 Å². The average Bonchev–Trinajstić information content (AvgIpc) is 2.95. The minimum Gasteiger partial charge on any atom is -0.489 e. The Morgan fingerprint density at radius 1 is 0.750 bits per heavy atom. The van der Waals surface area contributed by atoms with Gasteiger partial charge in [-0.15, -0.1) is 0 Å². The summed E-state index contributed by atoms with van der Waals surface area (Å²) in [6, 6.07) is 27.4. The summed E-state index contributed by atoms with van der Waals surface area (Å²) in [5.41, 5.74) is 2.50. The molecule has 0 radical (unpaired) electrons. The van der Waals surface area contributed by atoms with Crippen molar-refractivity contribution in [1.82, 2.24) is 5.32 Å². The molecule has 0 aliphatic carbocycles. The van der Waals surface area contributed by atoms with Crippen LogP contribution in [0.15, 0.2) is 103 Å². The van der Waals surface area contributed by atoms with Gasteiger partial charge in [0.1, 0.15) is 30.3 Å². The first-order valence-electron chi connectivity index (χ1n) is 12.2. The number of anilines is 1. The third-order valence-corrected chi connectivity index (χ3v) is 6.63. The molecule has 1 N–H and O–H groups in total. The van der Waals surface area contributed by atoms with E-state index in [1.165, 1.54) is 6.08 Å². The molecule has 0 unspecified atom stereocenters. The van der Waals surface area contributed by atoms with Crippen LogP contribution in [0.3, 0.4) is 0 Å². The van der Waals surface area contributed by atoms with Gasteiger partial charge in [-0.1, -0.05) is 71.7 Å². The van der Waals surface area contributed by atoms with Crippen LogP contribution in [0.1, 0.15) is 16.7 Å². The maximum Gasteiger partial charge on any atom is 0.335 e. The number of nitrogens with one attached hydrogen (secondary N) is 1. The van der Waals surface area contributed by atoms with Crippen LogP contribution in [0.25, 0.3) is 6.08 Å². The Bertz CT molecular complexity index is 1590. The van der Waals surface area contributed by atoms with E-state index in [1.807, 2.05) is 30.3 Å². The predicted octanol–water partition coefficient (Wildman–Crippen LogP) is 6.82. The molecule has 200 valence electrons. The molecule has 0 aromatic heterocycles. The van der Waals surface area contributed by atoms with Gasteiger partial charge in [0.2, 0.25) is 0 Å². The van der Waals surface area contributed by atoms with Crippen LogP contribution in [-0.2, 0) is 22.8 Å². The number of amides is 4. The molecule has 0 saturated carbocycles. The first-order chi connectivity index (χ1) is 19.4. The lowest BCUT2D eigenvalue weighted by atomic mass is 10.1. The molecule has 40 heavy (non-hydrogen) atoms. The van der Waals surface area contributed by atoms with E-state index in [2.05, 4.69) is 5.32 Å². The lowest BCUT2D eigenvalue weighted by molar-refractivity contribution is -0.122. The lowest BCUT2D eigenvalue weighted by Gasteiger charge is -2.26. The highest BCUT2D eigenvalue weighted by atomic mass is 35.5. The minimum absolute atomic E-state index is 0.171. The SMILES string of the molecule is O=C1NC(=O)N(c2ccc(OCc3ccc(Cl)cc3Cl)cc2)C(=O)/C1=C/c1ccc(OCc2ccccc2)cc1. The van der Waals surface area contributed by atoms with Gasteiger partial charge < -0.3 is 9.47 Å². The van der Waals surface area contributed by atoms with Crippen molar-refractivity contribution in [2.24, 2.45) is 0 Å². The molecule has 1 heterocycles. The number of imide groups is 2.